The Labute approximate surface area is 73.4 Å². The van der Waals surface area contributed by atoms with Gasteiger partial charge in [0.25, 0.3) is 0 Å². The highest BCUT2D eigenvalue weighted by Crippen LogP contribution is 2.05. The Morgan fingerprint density at radius 3 is 2.82 bits per heavy atom. The summed E-state index contributed by atoms with van der Waals surface area (Å²) in [4.78, 5) is 4.11. The van der Waals surface area contributed by atoms with Gasteiger partial charge in [0.05, 0.1) is 0 Å². The van der Waals surface area contributed by atoms with Crippen LogP contribution < -0.4 is 0 Å². The molecule has 0 aliphatic rings. The molecule has 1 aromatic heterocycles. The number of aliphatic hydroxyl groups is 1. The molecule has 1 heterocycles. The average molecular weight is 220 g/mol. The van der Waals surface area contributed by atoms with E-state index in [2.05, 4.69) is 26.0 Å². The van der Waals surface area contributed by atoms with Gasteiger partial charge >= 0.3 is 0 Å². The molecule has 0 saturated heterocycles. The summed E-state index contributed by atoms with van der Waals surface area (Å²) in [5, 5.41) is 12.6. The Bertz CT molecular complexity index is 216. The van der Waals surface area contributed by atoms with Crippen molar-refractivity contribution in [3.8, 4) is 0 Å². The second-order valence-corrected chi connectivity index (χ2v) is 2.96. The van der Waals surface area contributed by atoms with Crippen molar-refractivity contribution in [3.05, 3.63) is 10.6 Å². The van der Waals surface area contributed by atoms with E-state index in [1.54, 1.807) is 4.68 Å². The van der Waals surface area contributed by atoms with Crippen molar-refractivity contribution < 1.29 is 5.11 Å². The molecule has 0 atom stereocenters. The molecule has 0 saturated carbocycles. The highest BCUT2D eigenvalue weighted by atomic mass is 79.9. The molecule has 4 nitrogen and oxygen atoms in total. The maximum absolute atomic E-state index is 8.53. The largest absolute Gasteiger partial charge is 0.396 e. The molecule has 0 aromatic carbocycles. The number of nitrogens with zero attached hydrogens (tertiary/aromatic N) is 3. The summed E-state index contributed by atoms with van der Waals surface area (Å²) >= 11 is 3.23. The normalized spacial score (nSPS) is 10.5. The molecule has 0 aliphatic heterocycles. The van der Waals surface area contributed by atoms with Crippen LogP contribution in [0.5, 0.6) is 0 Å². The minimum absolute atomic E-state index is 0.190. The second-order valence-electron chi connectivity index (χ2n) is 2.25. The van der Waals surface area contributed by atoms with Crippen molar-refractivity contribution in [3.63, 3.8) is 0 Å². The summed E-state index contributed by atoms with van der Waals surface area (Å²) in [6, 6.07) is 0. The first-order chi connectivity index (χ1) is 5.24. The van der Waals surface area contributed by atoms with Gasteiger partial charge in [-0.05, 0) is 22.4 Å². The Kier molecular flexibility index (Phi) is 3.02. The fourth-order valence-corrected chi connectivity index (χ4v) is 1.04. The SMILES string of the molecule is Cn1nc(CCCO)nc1Br. The molecule has 11 heavy (non-hydrogen) atoms. The Morgan fingerprint density at radius 1 is 1.64 bits per heavy atom. The molecule has 5 heteroatoms. The highest BCUT2D eigenvalue weighted by molar-refractivity contribution is 9.10. The molecule has 0 fully saturated rings. The molecule has 0 radical (unpaired) electrons. The van der Waals surface area contributed by atoms with Gasteiger partial charge in [-0.1, -0.05) is 0 Å². The van der Waals surface area contributed by atoms with E-state index in [1.807, 2.05) is 7.05 Å². The molecule has 1 N–H and O–H groups in total. The predicted octanol–water partition coefficient (Wildman–Crippen LogP) is 0.502. The Balaban J connectivity index is 2.58. The van der Waals surface area contributed by atoms with Crippen LogP contribution in [0.25, 0.3) is 0 Å². The van der Waals surface area contributed by atoms with Crippen molar-refractivity contribution in [2.24, 2.45) is 7.05 Å². The van der Waals surface area contributed by atoms with E-state index in [-0.39, 0.29) is 6.61 Å². The van der Waals surface area contributed by atoms with E-state index >= 15 is 0 Å². The van der Waals surface area contributed by atoms with Gasteiger partial charge < -0.3 is 5.11 Å². The molecule has 1 rings (SSSR count). The van der Waals surface area contributed by atoms with E-state index in [0.29, 0.717) is 0 Å². The van der Waals surface area contributed by atoms with Gasteiger partial charge in [0.1, 0.15) is 0 Å². The molecular weight excluding hydrogens is 210 g/mol. The fourth-order valence-electron chi connectivity index (χ4n) is 0.759. The first-order valence-corrected chi connectivity index (χ1v) is 4.19. The van der Waals surface area contributed by atoms with Crippen LogP contribution in [0.15, 0.2) is 4.73 Å². The summed E-state index contributed by atoms with van der Waals surface area (Å²) in [6.45, 7) is 0.190. The monoisotopic (exact) mass is 219 g/mol. The smallest absolute Gasteiger partial charge is 0.195 e. The maximum Gasteiger partial charge on any atom is 0.195 e. The second kappa shape index (κ2) is 3.82. The average Bonchev–Trinajstić information content (AvgIpc) is 2.28. The van der Waals surface area contributed by atoms with E-state index in [9.17, 15) is 0 Å². The molecule has 0 aliphatic carbocycles. The lowest BCUT2D eigenvalue weighted by molar-refractivity contribution is 0.287. The fraction of sp³-hybridized carbons (Fsp3) is 0.667. The van der Waals surface area contributed by atoms with Gasteiger partial charge in [-0.15, -0.1) is 0 Å². The first kappa shape index (κ1) is 8.67. The summed E-state index contributed by atoms with van der Waals surface area (Å²) < 4.78 is 2.39. The van der Waals surface area contributed by atoms with Crippen LogP contribution in [0.4, 0.5) is 0 Å². The number of rotatable bonds is 3. The van der Waals surface area contributed by atoms with E-state index in [4.69, 9.17) is 5.11 Å². The third kappa shape index (κ3) is 2.27. The van der Waals surface area contributed by atoms with Crippen LogP contribution in [0.2, 0.25) is 0 Å². The van der Waals surface area contributed by atoms with Crippen LogP contribution in [-0.4, -0.2) is 26.5 Å². The number of hydrogen-bond donors (Lipinski definition) is 1. The van der Waals surface area contributed by atoms with Crippen LogP contribution in [-0.2, 0) is 13.5 Å². The molecule has 62 valence electrons. The minimum Gasteiger partial charge on any atom is -0.396 e. The molecule has 0 bridgehead atoms. The van der Waals surface area contributed by atoms with Crippen molar-refractivity contribution >= 4 is 15.9 Å². The third-order valence-corrected chi connectivity index (χ3v) is 2.00. The van der Waals surface area contributed by atoms with E-state index < -0.39 is 0 Å². The van der Waals surface area contributed by atoms with Gasteiger partial charge in [-0.25, -0.2) is 9.67 Å². The lowest BCUT2D eigenvalue weighted by Crippen LogP contribution is -1.94. The topological polar surface area (TPSA) is 50.9 Å². The number of halogens is 1. The number of aromatic nitrogens is 3. The van der Waals surface area contributed by atoms with Crippen LogP contribution in [0, 0.1) is 0 Å². The zero-order chi connectivity index (χ0) is 8.27. The first-order valence-electron chi connectivity index (χ1n) is 3.40. The van der Waals surface area contributed by atoms with E-state index in [0.717, 1.165) is 23.4 Å². The van der Waals surface area contributed by atoms with Crippen molar-refractivity contribution in [2.45, 2.75) is 12.8 Å². The maximum atomic E-state index is 8.53. The zero-order valence-corrected chi connectivity index (χ0v) is 7.87. The number of hydrogen-bond acceptors (Lipinski definition) is 3. The zero-order valence-electron chi connectivity index (χ0n) is 6.29. The van der Waals surface area contributed by atoms with Gasteiger partial charge in [-0.2, -0.15) is 5.10 Å². The lowest BCUT2D eigenvalue weighted by atomic mass is 10.3. The highest BCUT2D eigenvalue weighted by Gasteiger charge is 2.02. The molecule has 0 amide bonds. The molecule has 0 unspecified atom stereocenters. The predicted molar refractivity (Wildman–Crippen MR) is 44.1 cm³/mol. The van der Waals surface area contributed by atoms with Gasteiger partial charge in [0.15, 0.2) is 10.6 Å². The van der Waals surface area contributed by atoms with Crippen LogP contribution in [0.3, 0.4) is 0 Å². The molecule has 1 aromatic rings. The standard InChI is InChI=1S/C6H10BrN3O/c1-10-6(7)8-5(9-10)3-2-4-11/h11H,2-4H2,1H3. The number of aryl methyl sites for hydroxylation is 2. The summed E-state index contributed by atoms with van der Waals surface area (Å²) in [5.74, 6) is 0.772. The van der Waals surface area contributed by atoms with Gasteiger partial charge in [0.2, 0.25) is 0 Å². The summed E-state index contributed by atoms with van der Waals surface area (Å²) in [5.41, 5.74) is 0. The van der Waals surface area contributed by atoms with Crippen LogP contribution in [0.1, 0.15) is 12.2 Å². The van der Waals surface area contributed by atoms with E-state index in [1.165, 1.54) is 0 Å². The van der Waals surface area contributed by atoms with Gasteiger partial charge in [0, 0.05) is 20.1 Å². The van der Waals surface area contributed by atoms with Gasteiger partial charge in [-0.3, -0.25) is 0 Å². The number of aliphatic hydroxyl groups excluding tert-OH is 1. The summed E-state index contributed by atoms with van der Waals surface area (Å²) in [6.07, 6.45) is 1.45. The van der Waals surface area contributed by atoms with Crippen LogP contribution >= 0.6 is 15.9 Å². The molecule has 0 spiro atoms. The van der Waals surface area contributed by atoms with Crippen molar-refractivity contribution in [2.75, 3.05) is 6.61 Å². The Morgan fingerprint density at radius 2 is 2.36 bits per heavy atom. The van der Waals surface area contributed by atoms with Crippen molar-refractivity contribution in [1.29, 1.82) is 0 Å². The molecular formula is C6H10BrN3O. The minimum atomic E-state index is 0.190. The quantitative estimate of drug-likeness (QED) is 0.806. The third-order valence-electron chi connectivity index (χ3n) is 1.31. The van der Waals surface area contributed by atoms with Crippen molar-refractivity contribution in [1.82, 2.24) is 14.8 Å². The summed E-state index contributed by atoms with van der Waals surface area (Å²) in [7, 11) is 1.82. The Hall–Kier alpha value is -0.420. The lowest BCUT2D eigenvalue weighted by Gasteiger charge is -1.88.